The van der Waals surface area contributed by atoms with Gasteiger partial charge >= 0.3 is 12.1 Å². The summed E-state index contributed by atoms with van der Waals surface area (Å²) < 4.78 is 3.95. The molecule has 0 aromatic heterocycles. The third-order valence-corrected chi connectivity index (χ3v) is 0.515. The Balaban J connectivity index is 3.65. The van der Waals surface area contributed by atoms with Crippen LogP contribution < -0.4 is 5.32 Å². The van der Waals surface area contributed by atoms with Crippen LogP contribution in [0.15, 0.2) is 0 Å². The molecule has 2 amide bonds. The Morgan fingerprint density at radius 2 is 1.70 bits per heavy atom. The summed E-state index contributed by atoms with van der Waals surface area (Å²) in [5, 5.41) is 1.75. The number of hydrogen-bond donors (Lipinski definition) is 1. The fourth-order valence-electron chi connectivity index (χ4n) is 0.300. The molecule has 1 N–H and O–H groups in total. The van der Waals surface area contributed by atoms with Crippen LogP contribution in [0, 0.1) is 0 Å². The first-order valence-corrected chi connectivity index (χ1v) is 2.52. The van der Waals surface area contributed by atoms with E-state index in [1.165, 1.54) is 0 Å². The third-order valence-electron chi connectivity index (χ3n) is 0.515. The Morgan fingerprint density at radius 3 is 2.00 bits per heavy atom. The second-order valence-electron chi connectivity index (χ2n) is 1.56. The lowest BCUT2D eigenvalue weighted by Gasteiger charge is -1.97. The predicted octanol–water partition coefficient (Wildman–Crippen LogP) is -0.194. The summed E-state index contributed by atoms with van der Waals surface area (Å²) in [5.41, 5.74) is 0. The SMILES string of the molecule is CC(=O)NC(=O)OC(C)=O. The van der Waals surface area contributed by atoms with Crippen LogP contribution in [-0.2, 0) is 14.3 Å². The lowest BCUT2D eigenvalue weighted by molar-refractivity contribution is -0.135. The lowest BCUT2D eigenvalue weighted by atomic mass is 10.7. The Kier molecular flexibility index (Phi) is 3.10. The van der Waals surface area contributed by atoms with Gasteiger partial charge in [-0.1, -0.05) is 0 Å². The minimum absolute atomic E-state index is 0.564. The van der Waals surface area contributed by atoms with Gasteiger partial charge in [-0.05, 0) is 0 Å². The summed E-state index contributed by atoms with van der Waals surface area (Å²) in [6.45, 7) is 2.21. The van der Waals surface area contributed by atoms with Crippen molar-refractivity contribution in [2.24, 2.45) is 0 Å². The maximum absolute atomic E-state index is 10.3. The van der Waals surface area contributed by atoms with Crippen LogP contribution in [0.2, 0.25) is 0 Å². The smallest absolute Gasteiger partial charge is 0.376 e. The summed E-state index contributed by atoms with van der Waals surface area (Å²) >= 11 is 0. The minimum Gasteiger partial charge on any atom is -0.376 e. The van der Waals surface area contributed by atoms with Crippen molar-refractivity contribution in [2.75, 3.05) is 0 Å². The molecule has 0 rings (SSSR count). The Morgan fingerprint density at radius 1 is 1.20 bits per heavy atom. The summed E-state index contributed by atoms with van der Waals surface area (Å²) in [4.78, 5) is 30.4. The van der Waals surface area contributed by atoms with E-state index in [0.29, 0.717) is 0 Å². The van der Waals surface area contributed by atoms with Crippen molar-refractivity contribution in [3.63, 3.8) is 0 Å². The van der Waals surface area contributed by atoms with Crippen molar-refractivity contribution in [3.05, 3.63) is 0 Å². The Hall–Kier alpha value is -1.39. The van der Waals surface area contributed by atoms with Crippen molar-refractivity contribution in [1.82, 2.24) is 5.32 Å². The fourth-order valence-corrected chi connectivity index (χ4v) is 0.300. The summed E-state index contributed by atoms with van der Waals surface area (Å²) in [5.74, 6) is -1.31. The molecular weight excluding hydrogens is 138 g/mol. The lowest BCUT2D eigenvalue weighted by Crippen LogP contribution is -2.29. The summed E-state index contributed by atoms with van der Waals surface area (Å²) in [6.07, 6.45) is -1.04. The molecule has 0 heterocycles. The van der Waals surface area contributed by atoms with E-state index in [2.05, 4.69) is 4.74 Å². The van der Waals surface area contributed by atoms with E-state index in [1.807, 2.05) is 0 Å². The van der Waals surface area contributed by atoms with Crippen molar-refractivity contribution < 1.29 is 19.1 Å². The third kappa shape index (κ3) is 4.76. The zero-order valence-corrected chi connectivity index (χ0v) is 5.63. The van der Waals surface area contributed by atoms with Gasteiger partial charge in [-0.15, -0.1) is 0 Å². The van der Waals surface area contributed by atoms with Crippen molar-refractivity contribution in [2.45, 2.75) is 13.8 Å². The zero-order valence-electron chi connectivity index (χ0n) is 5.63. The second kappa shape index (κ2) is 3.60. The quantitative estimate of drug-likeness (QED) is 0.378. The molecule has 0 spiro atoms. The number of rotatable bonds is 0. The fraction of sp³-hybridized carbons (Fsp3) is 0.400. The molecule has 5 nitrogen and oxygen atoms in total. The maximum atomic E-state index is 10.3. The van der Waals surface area contributed by atoms with Gasteiger partial charge in [-0.2, -0.15) is 0 Å². The Bertz CT molecular complexity index is 156. The molecule has 0 aliphatic carbocycles. The Labute approximate surface area is 57.3 Å². The average molecular weight is 145 g/mol. The number of amides is 2. The molecule has 0 radical (unpaired) electrons. The molecule has 0 bridgehead atoms. The van der Waals surface area contributed by atoms with E-state index >= 15 is 0 Å². The van der Waals surface area contributed by atoms with Crippen LogP contribution in [0.4, 0.5) is 4.79 Å². The molecule has 10 heavy (non-hydrogen) atoms. The highest BCUT2D eigenvalue weighted by molar-refractivity contribution is 5.94. The first kappa shape index (κ1) is 8.61. The van der Waals surface area contributed by atoms with Gasteiger partial charge in [0.2, 0.25) is 5.91 Å². The number of nitrogens with one attached hydrogen (secondary N) is 1. The minimum atomic E-state index is -1.04. The zero-order chi connectivity index (χ0) is 8.15. The molecule has 0 saturated carbocycles. The predicted molar refractivity (Wildman–Crippen MR) is 31.0 cm³/mol. The molecule has 0 fully saturated rings. The number of carbonyl (C=O) groups excluding carboxylic acids is 3. The van der Waals surface area contributed by atoms with Gasteiger partial charge in [0.25, 0.3) is 0 Å². The molecule has 0 unspecified atom stereocenters. The van der Waals surface area contributed by atoms with Crippen LogP contribution in [0.1, 0.15) is 13.8 Å². The first-order chi connectivity index (χ1) is 4.52. The topological polar surface area (TPSA) is 72.5 Å². The van der Waals surface area contributed by atoms with Gasteiger partial charge in [0.15, 0.2) is 0 Å². The highest BCUT2D eigenvalue weighted by Crippen LogP contribution is 1.77. The van der Waals surface area contributed by atoms with E-state index in [9.17, 15) is 14.4 Å². The van der Waals surface area contributed by atoms with Gasteiger partial charge in [0.1, 0.15) is 0 Å². The van der Waals surface area contributed by atoms with Gasteiger partial charge in [-0.25, -0.2) is 4.79 Å². The maximum Gasteiger partial charge on any atom is 0.421 e. The first-order valence-electron chi connectivity index (χ1n) is 2.52. The number of ether oxygens (including phenoxy) is 1. The summed E-state index contributed by atoms with van der Waals surface area (Å²) in [7, 11) is 0. The molecule has 56 valence electrons. The molecule has 5 heteroatoms. The van der Waals surface area contributed by atoms with Crippen LogP contribution >= 0.6 is 0 Å². The van der Waals surface area contributed by atoms with Crippen LogP contribution in [-0.4, -0.2) is 18.0 Å². The van der Waals surface area contributed by atoms with E-state index in [1.54, 1.807) is 5.32 Å². The van der Waals surface area contributed by atoms with Gasteiger partial charge in [0.05, 0.1) is 0 Å². The number of imide groups is 1. The van der Waals surface area contributed by atoms with Crippen molar-refractivity contribution in [1.29, 1.82) is 0 Å². The number of hydrogen-bond acceptors (Lipinski definition) is 4. The summed E-state index contributed by atoms with van der Waals surface area (Å²) in [6, 6.07) is 0. The molecule has 0 aliphatic heterocycles. The van der Waals surface area contributed by atoms with E-state index in [4.69, 9.17) is 0 Å². The monoisotopic (exact) mass is 145 g/mol. The number of alkyl carbamates (subject to hydrolysis) is 1. The molecular formula is C5H7NO4. The molecule has 0 aliphatic rings. The molecule has 0 atom stereocenters. The highest BCUT2D eigenvalue weighted by Gasteiger charge is 2.05. The van der Waals surface area contributed by atoms with Crippen molar-refractivity contribution >= 4 is 18.0 Å². The van der Waals surface area contributed by atoms with Crippen molar-refractivity contribution in [3.8, 4) is 0 Å². The van der Waals surface area contributed by atoms with Gasteiger partial charge in [-0.3, -0.25) is 14.9 Å². The highest BCUT2D eigenvalue weighted by atomic mass is 16.6. The van der Waals surface area contributed by atoms with Crippen LogP contribution in [0.25, 0.3) is 0 Å². The van der Waals surface area contributed by atoms with E-state index in [0.717, 1.165) is 13.8 Å². The van der Waals surface area contributed by atoms with Gasteiger partial charge < -0.3 is 4.74 Å². The second-order valence-corrected chi connectivity index (χ2v) is 1.56. The number of esters is 1. The normalized spacial score (nSPS) is 8.20. The molecule has 0 aromatic rings. The average Bonchev–Trinajstić information content (AvgIpc) is 1.58. The standard InChI is InChI=1S/C5H7NO4/c1-3(7)6-5(9)10-4(2)8/h1-2H3,(H,6,7,9). The number of carbonyl (C=O) groups is 3. The van der Waals surface area contributed by atoms with Crippen LogP contribution in [0.3, 0.4) is 0 Å². The molecule has 0 aromatic carbocycles. The van der Waals surface area contributed by atoms with Crippen LogP contribution in [0.5, 0.6) is 0 Å². The van der Waals surface area contributed by atoms with Gasteiger partial charge in [0, 0.05) is 13.8 Å². The van der Waals surface area contributed by atoms with E-state index in [-0.39, 0.29) is 0 Å². The largest absolute Gasteiger partial charge is 0.421 e. The molecule has 0 saturated heterocycles. The van der Waals surface area contributed by atoms with E-state index < -0.39 is 18.0 Å².